The summed E-state index contributed by atoms with van der Waals surface area (Å²) in [5.41, 5.74) is 8.51. The second kappa shape index (κ2) is 4.86. The normalized spacial score (nSPS) is 20.8. The minimum absolute atomic E-state index is 0.00100. The monoisotopic (exact) mass is 276 g/mol. The lowest BCUT2D eigenvalue weighted by Crippen LogP contribution is -2.24. The van der Waals surface area contributed by atoms with Gasteiger partial charge in [-0.05, 0) is 11.5 Å². The number of hydrogen-bond donors (Lipinski definition) is 1. The van der Waals surface area contributed by atoms with Crippen LogP contribution in [0.3, 0.4) is 0 Å². The lowest BCUT2D eigenvalue weighted by Gasteiger charge is -2.30. The van der Waals surface area contributed by atoms with Crippen molar-refractivity contribution in [2.45, 2.75) is 18.6 Å². The molecule has 0 radical (unpaired) electrons. The number of nitrogens with zero attached hydrogens (tertiary/aromatic N) is 1. The van der Waals surface area contributed by atoms with Crippen LogP contribution in [0.25, 0.3) is 10.8 Å². The van der Waals surface area contributed by atoms with Crippen LogP contribution in [-0.4, -0.2) is 4.98 Å². The van der Waals surface area contributed by atoms with Crippen molar-refractivity contribution < 1.29 is 4.74 Å². The second-order valence-electron chi connectivity index (χ2n) is 5.44. The summed E-state index contributed by atoms with van der Waals surface area (Å²) in [6, 6.07) is 16.3. The molecule has 0 bridgehead atoms. The van der Waals surface area contributed by atoms with Gasteiger partial charge in [0.1, 0.15) is 11.9 Å². The molecule has 0 aliphatic carbocycles. The summed E-state index contributed by atoms with van der Waals surface area (Å²) in [5.74, 6) is 0.884. The molecule has 21 heavy (non-hydrogen) atoms. The summed E-state index contributed by atoms with van der Waals surface area (Å²) in [7, 11) is 0. The number of fused-ring (bicyclic) bond motifs is 2. The van der Waals surface area contributed by atoms with E-state index >= 15 is 0 Å². The summed E-state index contributed by atoms with van der Waals surface area (Å²) in [6.45, 7) is 0. The zero-order valence-corrected chi connectivity index (χ0v) is 11.6. The molecule has 1 aliphatic heterocycles. The Bertz CT molecular complexity index is 795. The predicted molar refractivity (Wildman–Crippen MR) is 83.1 cm³/mol. The highest BCUT2D eigenvalue weighted by Crippen LogP contribution is 2.40. The Hall–Kier alpha value is -2.39. The van der Waals surface area contributed by atoms with Gasteiger partial charge in [-0.2, -0.15) is 0 Å². The number of para-hydroxylation sites is 1. The van der Waals surface area contributed by atoms with Crippen LogP contribution in [0.5, 0.6) is 5.75 Å². The van der Waals surface area contributed by atoms with E-state index < -0.39 is 0 Å². The van der Waals surface area contributed by atoms with Gasteiger partial charge in [0.25, 0.3) is 0 Å². The molecule has 2 heterocycles. The van der Waals surface area contributed by atoms with E-state index in [2.05, 4.69) is 17.1 Å². The van der Waals surface area contributed by atoms with Gasteiger partial charge >= 0.3 is 0 Å². The molecular weight excluding hydrogens is 260 g/mol. The zero-order valence-electron chi connectivity index (χ0n) is 11.6. The van der Waals surface area contributed by atoms with E-state index in [0.717, 1.165) is 28.7 Å². The Balaban J connectivity index is 1.81. The Morgan fingerprint density at radius 2 is 1.76 bits per heavy atom. The fourth-order valence-electron chi connectivity index (χ4n) is 3.04. The first-order chi connectivity index (χ1) is 10.3. The molecule has 4 rings (SSSR count). The Labute approximate surface area is 123 Å². The molecule has 0 amide bonds. The zero-order chi connectivity index (χ0) is 14.2. The van der Waals surface area contributed by atoms with Crippen molar-refractivity contribution in [3.8, 4) is 5.75 Å². The maximum absolute atomic E-state index is 6.32. The van der Waals surface area contributed by atoms with Crippen molar-refractivity contribution in [3.63, 3.8) is 0 Å². The van der Waals surface area contributed by atoms with Crippen LogP contribution in [-0.2, 0) is 0 Å². The SMILES string of the molecule is N[C@H]1CC(c2cncc3ccccc23)Oc2ccccc21. The van der Waals surface area contributed by atoms with Crippen LogP contribution in [0.1, 0.15) is 29.7 Å². The van der Waals surface area contributed by atoms with Gasteiger partial charge in [-0.15, -0.1) is 0 Å². The van der Waals surface area contributed by atoms with Gasteiger partial charge in [0.15, 0.2) is 0 Å². The molecule has 1 unspecified atom stereocenters. The maximum Gasteiger partial charge on any atom is 0.128 e. The molecule has 3 heteroatoms. The molecule has 0 fully saturated rings. The Morgan fingerprint density at radius 1 is 0.952 bits per heavy atom. The first-order valence-corrected chi connectivity index (χ1v) is 7.17. The largest absolute Gasteiger partial charge is 0.485 e. The molecule has 0 spiro atoms. The molecular formula is C18H16N2O. The number of nitrogens with two attached hydrogens (primary N) is 1. The number of hydrogen-bond acceptors (Lipinski definition) is 3. The Morgan fingerprint density at radius 3 is 2.71 bits per heavy atom. The number of ether oxygens (including phenoxy) is 1. The van der Waals surface area contributed by atoms with E-state index in [1.807, 2.05) is 48.8 Å². The van der Waals surface area contributed by atoms with Gasteiger partial charge in [0.05, 0.1) is 0 Å². The lowest BCUT2D eigenvalue weighted by molar-refractivity contribution is 0.162. The molecule has 3 aromatic rings. The van der Waals surface area contributed by atoms with Crippen molar-refractivity contribution in [1.82, 2.24) is 4.98 Å². The van der Waals surface area contributed by atoms with Crippen LogP contribution in [0, 0.1) is 0 Å². The van der Waals surface area contributed by atoms with Gasteiger partial charge in [-0.3, -0.25) is 4.98 Å². The van der Waals surface area contributed by atoms with Crippen molar-refractivity contribution in [2.75, 3.05) is 0 Å². The number of pyridine rings is 1. The minimum Gasteiger partial charge on any atom is -0.485 e. The van der Waals surface area contributed by atoms with Crippen molar-refractivity contribution in [2.24, 2.45) is 5.73 Å². The standard InChI is InChI=1S/C18H16N2O/c19-16-9-18(21-17-8-4-3-7-14(16)17)15-11-20-10-12-5-1-2-6-13(12)15/h1-8,10-11,16,18H,9,19H2/t16-,18?/m0/s1. The highest BCUT2D eigenvalue weighted by molar-refractivity contribution is 5.85. The van der Waals surface area contributed by atoms with E-state index in [4.69, 9.17) is 10.5 Å². The second-order valence-corrected chi connectivity index (χ2v) is 5.44. The van der Waals surface area contributed by atoms with Gasteiger partial charge in [-0.1, -0.05) is 42.5 Å². The van der Waals surface area contributed by atoms with Crippen LogP contribution < -0.4 is 10.5 Å². The predicted octanol–water partition coefficient (Wildman–Crippen LogP) is 3.76. The van der Waals surface area contributed by atoms with Crippen molar-refractivity contribution in [1.29, 1.82) is 0 Å². The summed E-state index contributed by atoms with van der Waals surface area (Å²) in [5, 5.41) is 2.31. The molecule has 1 aromatic heterocycles. The van der Waals surface area contributed by atoms with Gasteiger partial charge in [-0.25, -0.2) is 0 Å². The first-order valence-electron chi connectivity index (χ1n) is 7.17. The van der Waals surface area contributed by atoms with Crippen LogP contribution >= 0.6 is 0 Å². The highest BCUT2D eigenvalue weighted by atomic mass is 16.5. The molecule has 2 aromatic carbocycles. The molecule has 0 saturated heterocycles. The molecule has 0 saturated carbocycles. The average Bonchev–Trinajstić information content (AvgIpc) is 2.54. The molecule has 2 atom stereocenters. The van der Waals surface area contributed by atoms with E-state index in [0.29, 0.717) is 0 Å². The third kappa shape index (κ3) is 2.06. The van der Waals surface area contributed by atoms with Crippen LogP contribution in [0.15, 0.2) is 60.9 Å². The van der Waals surface area contributed by atoms with E-state index in [9.17, 15) is 0 Å². The fraction of sp³-hybridized carbons (Fsp3) is 0.167. The summed E-state index contributed by atoms with van der Waals surface area (Å²) >= 11 is 0. The average molecular weight is 276 g/mol. The number of aromatic nitrogens is 1. The lowest BCUT2D eigenvalue weighted by atomic mass is 9.92. The topological polar surface area (TPSA) is 48.1 Å². The summed E-state index contributed by atoms with van der Waals surface area (Å²) < 4.78 is 6.18. The van der Waals surface area contributed by atoms with E-state index in [-0.39, 0.29) is 12.1 Å². The van der Waals surface area contributed by atoms with Gasteiger partial charge < -0.3 is 10.5 Å². The summed E-state index contributed by atoms with van der Waals surface area (Å²) in [4.78, 5) is 4.35. The third-order valence-corrected chi connectivity index (χ3v) is 4.10. The minimum atomic E-state index is -0.0477. The summed E-state index contributed by atoms with van der Waals surface area (Å²) in [6.07, 6.45) is 4.50. The van der Waals surface area contributed by atoms with E-state index in [1.54, 1.807) is 0 Å². The first kappa shape index (κ1) is 12.4. The van der Waals surface area contributed by atoms with Crippen molar-refractivity contribution in [3.05, 3.63) is 72.1 Å². The Kier molecular flexibility index (Phi) is 2.86. The fourth-order valence-corrected chi connectivity index (χ4v) is 3.04. The highest BCUT2D eigenvalue weighted by Gasteiger charge is 2.27. The molecule has 3 nitrogen and oxygen atoms in total. The number of benzene rings is 2. The molecule has 104 valence electrons. The number of rotatable bonds is 1. The van der Waals surface area contributed by atoms with Crippen molar-refractivity contribution >= 4 is 10.8 Å². The van der Waals surface area contributed by atoms with Gasteiger partial charge in [0.2, 0.25) is 0 Å². The van der Waals surface area contributed by atoms with E-state index in [1.165, 1.54) is 5.39 Å². The third-order valence-electron chi connectivity index (χ3n) is 4.10. The van der Waals surface area contributed by atoms with Crippen LogP contribution in [0.2, 0.25) is 0 Å². The quantitative estimate of drug-likeness (QED) is 0.736. The van der Waals surface area contributed by atoms with Crippen LogP contribution in [0.4, 0.5) is 0 Å². The smallest absolute Gasteiger partial charge is 0.128 e. The van der Waals surface area contributed by atoms with Gasteiger partial charge in [0, 0.05) is 41.4 Å². The maximum atomic E-state index is 6.32. The molecule has 2 N–H and O–H groups in total. The molecule has 1 aliphatic rings.